The van der Waals surface area contributed by atoms with Gasteiger partial charge in [-0.05, 0) is 45.4 Å². The molecule has 168 valence electrons. The highest BCUT2D eigenvalue weighted by Crippen LogP contribution is 2.31. The van der Waals surface area contributed by atoms with Crippen LogP contribution in [0.2, 0.25) is 0 Å². The van der Waals surface area contributed by atoms with Gasteiger partial charge in [-0.25, -0.2) is 4.98 Å². The summed E-state index contributed by atoms with van der Waals surface area (Å²) in [7, 11) is 0. The number of benzene rings is 2. The van der Waals surface area contributed by atoms with Gasteiger partial charge in [0.1, 0.15) is 12.4 Å². The average molecular weight is 433 g/mol. The summed E-state index contributed by atoms with van der Waals surface area (Å²) in [6, 6.07) is 18.2. The minimum absolute atomic E-state index is 0.0297. The third kappa shape index (κ3) is 4.40. The van der Waals surface area contributed by atoms with Crippen molar-refractivity contribution in [1.29, 1.82) is 0 Å². The molecule has 3 aromatic rings. The zero-order chi connectivity index (χ0) is 22.8. The highest BCUT2D eigenvalue weighted by Gasteiger charge is 2.34. The Balaban J connectivity index is 1.63. The number of carbonyl (C=O) groups is 2. The number of amides is 2. The predicted molar refractivity (Wildman–Crippen MR) is 126 cm³/mol. The van der Waals surface area contributed by atoms with Gasteiger partial charge in [-0.15, -0.1) is 0 Å². The number of nitrogens with zero attached hydrogens (tertiary/aromatic N) is 4. The molecular weight excluding hydrogens is 400 g/mol. The second-order valence-corrected chi connectivity index (χ2v) is 9.19. The van der Waals surface area contributed by atoms with E-state index in [4.69, 9.17) is 4.98 Å². The number of fused-ring (bicyclic) bond motifs is 1. The fourth-order valence-electron chi connectivity index (χ4n) is 4.86. The molecule has 1 atom stereocenters. The third-order valence-corrected chi connectivity index (χ3v) is 6.17. The summed E-state index contributed by atoms with van der Waals surface area (Å²) in [5.74, 6) is 1.01. The lowest BCUT2D eigenvalue weighted by atomic mass is 10.1. The molecular formula is C26H32N4O2. The Bertz CT molecular complexity index is 1100. The van der Waals surface area contributed by atoms with E-state index < -0.39 is 0 Å². The summed E-state index contributed by atoms with van der Waals surface area (Å²) in [6.45, 7) is 9.62. The lowest BCUT2D eigenvalue weighted by Crippen LogP contribution is -2.44. The van der Waals surface area contributed by atoms with Crippen molar-refractivity contribution in [2.24, 2.45) is 0 Å². The molecule has 1 aliphatic heterocycles. The molecule has 0 N–H and O–H groups in total. The molecule has 1 aromatic heterocycles. The number of hydrogen-bond donors (Lipinski definition) is 0. The van der Waals surface area contributed by atoms with Crippen molar-refractivity contribution in [1.82, 2.24) is 19.4 Å². The molecule has 2 amide bonds. The first-order chi connectivity index (χ1) is 15.3. The molecule has 0 aliphatic carbocycles. The predicted octanol–water partition coefficient (Wildman–Crippen LogP) is 4.20. The molecule has 1 fully saturated rings. The quantitative estimate of drug-likeness (QED) is 0.562. The second kappa shape index (κ2) is 9.15. The second-order valence-electron chi connectivity index (χ2n) is 9.19. The number of rotatable bonds is 7. The summed E-state index contributed by atoms with van der Waals surface area (Å²) >= 11 is 0. The fourth-order valence-corrected chi connectivity index (χ4v) is 4.86. The lowest BCUT2D eigenvalue weighted by Gasteiger charge is -2.31. The Kier molecular flexibility index (Phi) is 6.31. The Morgan fingerprint density at radius 1 is 1.03 bits per heavy atom. The van der Waals surface area contributed by atoms with Crippen LogP contribution in [0.15, 0.2) is 54.6 Å². The number of para-hydroxylation sites is 2. The first-order valence-corrected chi connectivity index (χ1v) is 11.4. The number of hydrogen-bond acceptors (Lipinski definition) is 3. The molecule has 1 aliphatic rings. The fraction of sp³-hybridized carbons (Fsp3) is 0.423. The highest BCUT2D eigenvalue weighted by molar-refractivity contribution is 5.83. The number of imidazole rings is 1. The Labute approximate surface area is 189 Å². The molecule has 1 saturated heterocycles. The maximum Gasteiger partial charge on any atom is 0.243 e. The Morgan fingerprint density at radius 3 is 2.38 bits per heavy atom. The van der Waals surface area contributed by atoms with Crippen LogP contribution in [-0.4, -0.2) is 49.8 Å². The Hall–Kier alpha value is -3.15. The van der Waals surface area contributed by atoms with Crippen LogP contribution in [0.1, 0.15) is 51.4 Å². The van der Waals surface area contributed by atoms with E-state index in [1.54, 1.807) is 0 Å². The van der Waals surface area contributed by atoms with Crippen LogP contribution in [0, 0.1) is 0 Å². The zero-order valence-electron chi connectivity index (χ0n) is 19.4. The lowest BCUT2D eigenvalue weighted by molar-refractivity contribution is -0.135. The standard InChI is InChI=1S/C26H32N4O2/c1-18(2)30(19(3)4)25(32)17-29-23-13-9-8-12-22(23)27-26(29)21-14-24(31)28(16-21)15-20-10-6-5-7-11-20/h5-13,18-19,21H,14-17H2,1-4H3/t21-/m0/s1. The van der Waals surface area contributed by atoms with Gasteiger partial charge >= 0.3 is 0 Å². The monoisotopic (exact) mass is 432 g/mol. The topological polar surface area (TPSA) is 58.4 Å². The molecule has 0 radical (unpaired) electrons. The van der Waals surface area contributed by atoms with Gasteiger partial charge in [-0.1, -0.05) is 42.5 Å². The molecule has 0 spiro atoms. The molecule has 6 heteroatoms. The van der Waals surface area contributed by atoms with Crippen LogP contribution in [0.5, 0.6) is 0 Å². The van der Waals surface area contributed by atoms with Crippen molar-refractivity contribution in [3.63, 3.8) is 0 Å². The van der Waals surface area contributed by atoms with Gasteiger partial charge in [0.25, 0.3) is 0 Å². The molecule has 6 nitrogen and oxygen atoms in total. The summed E-state index contributed by atoms with van der Waals surface area (Å²) in [5.41, 5.74) is 2.93. The van der Waals surface area contributed by atoms with Gasteiger partial charge in [0.05, 0.1) is 11.0 Å². The van der Waals surface area contributed by atoms with Crippen LogP contribution >= 0.6 is 0 Å². The van der Waals surface area contributed by atoms with E-state index >= 15 is 0 Å². The minimum Gasteiger partial charge on any atom is -0.338 e. The molecule has 2 aromatic carbocycles. The van der Waals surface area contributed by atoms with E-state index in [0.717, 1.165) is 22.4 Å². The number of aromatic nitrogens is 2. The van der Waals surface area contributed by atoms with Crippen molar-refractivity contribution in [3.8, 4) is 0 Å². The van der Waals surface area contributed by atoms with E-state index in [1.165, 1.54) is 0 Å². The molecule has 0 unspecified atom stereocenters. The molecule has 32 heavy (non-hydrogen) atoms. The molecule has 0 bridgehead atoms. The van der Waals surface area contributed by atoms with E-state index in [0.29, 0.717) is 19.5 Å². The molecule has 4 rings (SSSR count). The smallest absolute Gasteiger partial charge is 0.243 e. The summed E-state index contributed by atoms with van der Waals surface area (Å²) in [5, 5.41) is 0. The number of carbonyl (C=O) groups excluding carboxylic acids is 2. The van der Waals surface area contributed by atoms with Gasteiger partial charge in [-0.3, -0.25) is 9.59 Å². The number of likely N-dealkylation sites (tertiary alicyclic amines) is 1. The van der Waals surface area contributed by atoms with E-state index in [1.807, 2.05) is 96.7 Å². The largest absolute Gasteiger partial charge is 0.338 e. The SMILES string of the molecule is CC(C)N(C(=O)Cn1c([C@H]2CC(=O)N(Cc3ccccc3)C2)nc2ccccc21)C(C)C. The molecule has 0 saturated carbocycles. The average Bonchev–Trinajstić information content (AvgIpc) is 3.29. The van der Waals surface area contributed by atoms with Gasteiger partial charge in [0.2, 0.25) is 11.8 Å². The summed E-state index contributed by atoms with van der Waals surface area (Å²) in [4.78, 5) is 34.8. The van der Waals surface area contributed by atoms with Crippen LogP contribution in [0.4, 0.5) is 0 Å². The maximum atomic E-state index is 13.3. The maximum absolute atomic E-state index is 13.3. The summed E-state index contributed by atoms with van der Waals surface area (Å²) in [6.07, 6.45) is 0.419. The van der Waals surface area contributed by atoms with Crippen molar-refractivity contribution in [2.45, 2.75) is 65.2 Å². The van der Waals surface area contributed by atoms with Crippen LogP contribution in [0.25, 0.3) is 11.0 Å². The first-order valence-electron chi connectivity index (χ1n) is 11.4. The van der Waals surface area contributed by atoms with E-state index in [2.05, 4.69) is 0 Å². The van der Waals surface area contributed by atoms with Gasteiger partial charge < -0.3 is 14.4 Å². The molecule has 2 heterocycles. The van der Waals surface area contributed by atoms with Crippen molar-refractivity contribution in [3.05, 3.63) is 66.0 Å². The highest BCUT2D eigenvalue weighted by atomic mass is 16.2. The summed E-state index contributed by atoms with van der Waals surface area (Å²) < 4.78 is 2.03. The van der Waals surface area contributed by atoms with Gasteiger partial charge in [-0.2, -0.15) is 0 Å². The van der Waals surface area contributed by atoms with E-state index in [-0.39, 0.29) is 36.4 Å². The van der Waals surface area contributed by atoms with Crippen LogP contribution in [0.3, 0.4) is 0 Å². The van der Waals surface area contributed by atoms with Crippen molar-refractivity contribution in [2.75, 3.05) is 6.54 Å². The van der Waals surface area contributed by atoms with Crippen molar-refractivity contribution >= 4 is 22.8 Å². The van der Waals surface area contributed by atoms with Crippen molar-refractivity contribution < 1.29 is 9.59 Å². The third-order valence-electron chi connectivity index (χ3n) is 6.17. The van der Waals surface area contributed by atoms with Gasteiger partial charge in [0.15, 0.2) is 0 Å². The minimum atomic E-state index is -0.0297. The van der Waals surface area contributed by atoms with Gasteiger partial charge in [0, 0.05) is 37.5 Å². The van der Waals surface area contributed by atoms with Crippen LogP contribution < -0.4 is 0 Å². The normalized spacial score (nSPS) is 16.5. The zero-order valence-corrected chi connectivity index (χ0v) is 19.4. The van der Waals surface area contributed by atoms with E-state index in [9.17, 15) is 9.59 Å². The van der Waals surface area contributed by atoms with Crippen LogP contribution in [-0.2, 0) is 22.7 Å². The Morgan fingerprint density at radius 2 is 1.69 bits per heavy atom. The first kappa shape index (κ1) is 22.1.